The fourth-order valence-electron chi connectivity index (χ4n) is 2.07. The SMILES string of the molecule is CC1CC(C)SC(NC(C)Cc2ccco2)=N1. The van der Waals surface area contributed by atoms with E-state index >= 15 is 0 Å². The molecule has 2 heterocycles. The Labute approximate surface area is 107 Å². The topological polar surface area (TPSA) is 37.5 Å². The Morgan fingerprint density at radius 2 is 2.41 bits per heavy atom. The van der Waals surface area contributed by atoms with Crippen LogP contribution in [0.5, 0.6) is 0 Å². The van der Waals surface area contributed by atoms with E-state index in [-0.39, 0.29) is 0 Å². The fourth-order valence-corrected chi connectivity index (χ4v) is 3.33. The van der Waals surface area contributed by atoms with E-state index in [4.69, 9.17) is 4.42 Å². The van der Waals surface area contributed by atoms with E-state index in [1.807, 2.05) is 23.9 Å². The first-order chi connectivity index (χ1) is 8.13. The minimum Gasteiger partial charge on any atom is -0.469 e. The van der Waals surface area contributed by atoms with Crippen LogP contribution in [-0.2, 0) is 6.42 Å². The summed E-state index contributed by atoms with van der Waals surface area (Å²) in [5.74, 6) is 1.02. The molecule has 3 atom stereocenters. The van der Waals surface area contributed by atoms with E-state index in [0.717, 1.165) is 17.3 Å². The molecule has 0 aromatic carbocycles. The van der Waals surface area contributed by atoms with Crippen LogP contribution in [0.3, 0.4) is 0 Å². The van der Waals surface area contributed by atoms with Gasteiger partial charge in [0.2, 0.25) is 0 Å². The van der Waals surface area contributed by atoms with Crippen molar-refractivity contribution in [3.8, 4) is 0 Å². The molecule has 0 fully saturated rings. The fraction of sp³-hybridized carbons (Fsp3) is 0.615. The molecule has 3 nitrogen and oxygen atoms in total. The zero-order valence-electron chi connectivity index (χ0n) is 10.6. The third-order valence-electron chi connectivity index (χ3n) is 2.78. The summed E-state index contributed by atoms with van der Waals surface area (Å²) >= 11 is 1.84. The van der Waals surface area contributed by atoms with Crippen LogP contribution in [0.2, 0.25) is 0 Å². The molecular weight excluding hydrogens is 232 g/mol. The highest BCUT2D eigenvalue weighted by molar-refractivity contribution is 8.14. The van der Waals surface area contributed by atoms with Gasteiger partial charge in [0.1, 0.15) is 5.76 Å². The van der Waals surface area contributed by atoms with E-state index < -0.39 is 0 Å². The second-order valence-corrected chi connectivity index (χ2v) is 6.20. The first-order valence-corrected chi connectivity index (χ1v) is 7.05. The number of furan rings is 1. The highest BCUT2D eigenvalue weighted by Crippen LogP contribution is 2.24. The molecule has 0 saturated heterocycles. The van der Waals surface area contributed by atoms with Crippen molar-refractivity contribution in [3.05, 3.63) is 24.2 Å². The molecule has 0 spiro atoms. The predicted octanol–water partition coefficient (Wildman–Crippen LogP) is 3.07. The number of hydrogen-bond donors (Lipinski definition) is 1. The van der Waals surface area contributed by atoms with Crippen LogP contribution in [0.4, 0.5) is 0 Å². The summed E-state index contributed by atoms with van der Waals surface area (Å²) in [6.07, 6.45) is 3.79. The van der Waals surface area contributed by atoms with Crippen molar-refractivity contribution in [3.63, 3.8) is 0 Å². The lowest BCUT2D eigenvalue weighted by atomic mass is 10.2. The van der Waals surface area contributed by atoms with Gasteiger partial charge in [0, 0.05) is 17.7 Å². The average Bonchev–Trinajstić information content (AvgIpc) is 2.67. The summed E-state index contributed by atoms with van der Waals surface area (Å²) in [6, 6.07) is 4.73. The van der Waals surface area contributed by atoms with Gasteiger partial charge in [-0.25, -0.2) is 0 Å². The molecule has 1 N–H and O–H groups in total. The van der Waals surface area contributed by atoms with Crippen LogP contribution in [0, 0.1) is 0 Å². The van der Waals surface area contributed by atoms with Gasteiger partial charge >= 0.3 is 0 Å². The van der Waals surface area contributed by atoms with Gasteiger partial charge in [-0.05, 0) is 32.4 Å². The molecule has 3 unspecified atom stereocenters. The van der Waals surface area contributed by atoms with E-state index in [1.54, 1.807) is 6.26 Å². The number of thioether (sulfide) groups is 1. The summed E-state index contributed by atoms with van der Waals surface area (Å²) < 4.78 is 5.35. The molecule has 0 amide bonds. The maximum absolute atomic E-state index is 5.35. The average molecular weight is 252 g/mol. The quantitative estimate of drug-likeness (QED) is 0.898. The molecule has 0 aliphatic carbocycles. The van der Waals surface area contributed by atoms with Crippen LogP contribution in [-0.4, -0.2) is 22.5 Å². The summed E-state index contributed by atoms with van der Waals surface area (Å²) in [7, 11) is 0. The van der Waals surface area contributed by atoms with Crippen molar-refractivity contribution in [2.24, 2.45) is 4.99 Å². The van der Waals surface area contributed by atoms with Crippen LogP contribution < -0.4 is 5.32 Å². The lowest BCUT2D eigenvalue weighted by Crippen LogP contribution is -2.36. The molecule has 4 heteroatoms. The molecule has 2 rings (SSSR count). The van der Waals surface area contributed by atoms with Crippen LogP contribution in [0.15, 0.2) is 27.8 Å². The minimum atomic E-state index is 0.352. The van der Waals surface area contributed by atoms with Gasteiger partial charge in [-0.15, -0.1) is 0 Å². The Bertz CT molecular complexity index is 375. The van der Waals surface area contributed by atoms with Crippen molar-refractivity contribution in [2.45, 2.75) is 50.9 Å². The Kier molecular flexibility index (Phi) is 4.15. The van der Waals surface area contributed by atoms with Crippen molar-refractivity contribution in [1.29, 1.82) is 0 Å². The summed E-state index contributed by atoms with van der Waals surface area (Å²) in [5, 5.41) is 5.20. The maximum atomic E-state index is 5.35. The zero-order valence-corrected chi connectivity index (χ0v) is 11.5. The molecule has 94 valence electrons. The lowest BCUT2D eigenvalue weighted by Gasteiger charge is -2.25. The Morgan fingerprint density at radius 1 is 1.59 bits per heavy atom. The van der Waals surface area contributed by atoms with Crippen molar-refractivity contribution in [1.82, 2.24) is 5.32 Å². The second kappa shape index (κ2) is 5.63. The molecular formula is C13H20N2OS. The number of aliphatic imine (C=N–C) groups is 1. The largest absolute Gasteiger partial charge is 0.469 e. The Balaban J connectivity index is 1.88. The van der Waals surface area contributed by atoms with E-state index in [1.165, 1.54) is 6.42 Å². The molecule has 0 radical (unpaired) electrons. The maximum Gasteiger partial charge on any atom is 0.157 e. The predicted molar refractivity (Wildman–Crippen MR) is 73.6 cm³/mol. The van der Waals surface area contributed by atoms with E-state index in [2.05, 4.69) is 31.1 Å². The van der Waals surface area contributed by atoms with Crippen molar-refractivity contribution >= 4 is 16.9 Å². The number of nitrogens with zero attached hydrogens (tertiary/aromatic N) is 1. The van der Waals surface area contributed by atoms with Crippen molar-refractivity contribution in [2.75, 3.05) is 0 Å². The first kappa shape index (κ1) is 12.6. The van der Waals surface area contributed by atoms with Crippen LogP contribution >= 0.6 is 11.8 Å². The summed E-state index contributed by atoms with van der Waals surface area (Å²) in [5.41, 5.74) is 0. The first-order valence-electron chi connectivity index (χ1n) is 6.17. The van der Waals surface area contributed by atoms with Gasteiger partial charge < -0.3 is 9.73 Å². The Hall–Kier alpha value is -0.900. The molecule has 1 aromatic rings. The smallest absolute Gasteiger partial charge is 0.157 e. The molecule has 1 aliphatic heterocycles. The molecule has 17 heavy (non-hydrogen) atoms. The van der Waals surface area contributed by atoms with Gasteiger partial charge in [0.05, 0.1) is 12.3 Å². The molecule has 0 saturated carbocycles. The van der Waals surface area contributed by atoms with Crippen LogP contribution in [0.1, 0.15) is 33.0 Å². The molecule has 0 bridgehead atoms. The number of amidine groups is 1. The third-order valence-corrected chi connectivity index (χ3v) is 3.82. The highest BCUT2D eigenvalue weighted by atomic mass is 32.2. The number of rotatable bonds is 3. The second-order valence-electron chi connectivity index (χ2n) is 4.78. The number of nitrogens with one attached hydrogen (secondary N) is 1. The zero-order chi connectivity index (χ0) is 12.3. The molecule has 1 aliphatic rings. The van der Waals surface area contributed by atoms with Gasteiger partial charge in [-0.2, -0.15) is 0 Å². The van der Waals surface area contributed by atoms with Crippen LogP contribution in [0.25, 0.3) is 0 Å². The lowest BCUT2D eigenvalue weighted by molar-refractivity contribution is 0.482. The van der Waals surface area contributed by atoms with Crippen molar-refractivity contribution < 1.29 is 4.42 Å². The Morgan fingerprint density at radius 3 is 3.06 bits per heavy atom. The third kappa shape index (κ3) is 3.80. The van der Waals surface area contributed by atoms with E-state index in [9.17, 15) is 0 Å². The van der Waals surface area contributed by atoms with Gasteiger partial charge in [0.25, 0.3) is 0 Å². The normalized spacial score (nSPS) is 26.4. The monoisotopic (exact) mass is 252 g/mol. The number of hydrogen-bond acceptors (Lipinski definition) is 4. The summed E-state index contributed by atoms with van der Waals surface area (Å²) in [6.45, 7) is 6.60. The van der Waals surface area contributed by atoms with E-state index in [0.29, 0.717) is 17.3 Å². The minimum absolute atomic E-state index is 0.352. The van der Waals surface area contributed by atoms with Gasteiger partial charge in [0.15, 0.2) is 5.17 Å². The van der Waals surface area contributed by atoms with Gasteiger partial charge in [-0.1, -0.05) is 18.7 Å². The van der Waals surface area contributed by atoms with Gasteiger partial charge in [-0.3, -0.25) is 4.99 Å². The summed E-state index contributed by atoms with van der Waals surface area (Å²) in [4.78, 5) is 4.64. The highest BCUT2D eigenvalue weighted by Gasteiger charge is 2.19. The standard InChI is InChI=1S/C13H20N2OS/c1-9-7-11(3)17-13(14-9)15-10(2)8-12-5-4-6-16-12/h4-6,9-11H,7-8H2,1-3H3,(H,14,15). The molecule has 1 aromatic heterocycles.